The highest BCUT2D eigenvalue weighted by molar-refractivity contribution is 5.95. The molecule has 2 heterocycles. The minimum atomic E-state index is -0.660. The molecule has 2 aromatic carbocycles. The molecule has 4 rings (SSSR count). The van der Waals surface area contributed by atoms with Crippen LogP contribution in [0.2, 0.25) is 0 Å². The number of benzene rings is 2. The topological polar surface area (TPSA) is 83.1 Å². The Hall–Kier alpha value is -3.52. The molecule has 0 aliphatic carbocycles. The molecule has 2 aliphatic rings. The lowest BCUT2D eigenvalue weighted by Gasteiger charge is -2.38. The monoisotopic (exact) mass is 464 g/mol. The van der Waals surface area contributed by atoms with Crippen molar-refractivity contribution >= 4 is 17.7 Å². The Bertz CT molecular complexity index is 1080. The number of piperazine rings is 1. The molecule has 0 spiro atoms. The van der Waals surface area contributed by atoms with Gasteiger partial charge in [0.05, 0.1) is 25.3 Å². The van der Waals surface area contributed by atoms with Crippen molar-refractivity contribution in [1.29, 1.82) is 0 Å². The number of hydrogen-bond donors (Lipinski definition) is 2. The van der Waals surface area contributed by atoms with Gasteiger partial charge in [-0.1, -0.05) is 36.4 Å². The smallest absolute Gasteiger partial charge is 0.338 e. The number of carbonyl (C=O) groups excluding carboxylic acids is 2. The maximum Gasteiger partial charge on any atom is 0.338 e. The highest BCUT2D eigenvalue weighted by Crippen LogP contribution is 2.34. The molecule has 34 heavy (non-hydrogen) atoms. The second-order valence-electron chi connectivity index (χ2n) is 8.44. The first-order valence-corrected chi connectivity index (χ1v) is 11.6. The van der Waals surface area contributed by atoms with Crippen molar-refractivity contribution < 1.29 is 19.1 Å². The molecule has 0 radical (unpaired) electrons. The number of amides is 2. The summed E-state index contributed by atoms with van der Waals surface area (Å²) < 4.78 is 10.9. The van der Waals surface area contributed by atoms with Gasteiger partial charge >= 0.3 is 12.0 Å². The van der Waals surface area contributed by atoms with Gasteiger partial charge in [0.1, 0.15) is 5.75 Å². The zero-order valence-corrected chi connectivity index (χ0v) is 20.0. The van der Waals surface area contributed by atoms with Crippen molar-refractivity contribution in [2.45, 2.75) is 19.9 Å². The summed E-state index contributed by atoms with van der Waals surface area (Å²) in [4.78, 5) is 30.2. The molecule has 0 unspecified atom stereocenters. The van der Waals surface area contributed by atoms with E-state index in [1.807, 2.05) is 31.2 Å². The van der Waals surface area contributed by atoms with Crippen LogP contribution in [0.5, 0.6) is 5.75 Å². The molecule has 2 N–H and O–H groups in total. The molecular weight excluding hydrogens is 432 g/mol. The van der Waals surface area contributed by atoms with Crippen LogP contribution in [0.25, 0.3) is 0 Å². The van der Waals surface area contributed by atoms with E-state index in [4.69, 9.17) is 9.47 Å². The highest BCUT2D eigenvalue weighted by atomic mass is 16.5. The van der Waals surface area contributed by atoms with Crippen LogP contribution in [0.15, 0.2) is 59.8 Å². The fraction of sp³-hybridized carbons (Fsp3) is 0.385. The third kappa shape index (κ3) is 5.02. The SMILES string of the molecule is CCOc1ccccc1[C@@H]1NC(=O)NC(CN2CCN(c3ccccc3C)CC2)=C1C(=O)OC. The number of carbonyl (C=O) groups is 2. The van der Waals surface area contributed by atoms with Gasteiger partial charge in [-0.25, -0.2) is 9.59 Å². The van der Waals surface area contributed by atoms with Gasteiger partial charge in [-0.2, -0.15) is 0 Å². The number of urea groups is 1. The first kappa shape index (κ1) is 23.6. The molecule has 2 aromatic rings. The van der Waals surface area contributed by atoms with E-state index in [1.165, 1.54) is 18.4 Å². The molecule has 0 aromatic heterocycles. The molecular formula is C26H32N4O4. The number of rotatable bonds is 7. The van der Waals surface area contributed by atoms with Gasteiger partial charge in [-0.3, -0.25) is 4.90 Å². The number of hydrogen-bond acceptors (Lipinski definition) is 6. The van der Waals surface area contributed by atoms with E-state index < -0.39 is 12.0 Å². The fourth-order valence-electron chi connectivity index (χ4n) is 4.62. The third-order valence-electron chi connectivity index (χ3n) is 6.30. The van der Waals surface area contributed by atoms with Gasteiger partial charge in [-0.15, -0.1) is 0 Å². The normalized spacial score (nSPS) is 18.9. The van der Waals surface area contributed by atoms with Crippen molar-refractivity contribution in [1.82, 2.24) is 15.5 Å². The van der Waals surface area contributed by atoms with Crippen molar-refractivity contribution in [2.75, 3.05) is 51.3 Å². The van der Waals surface area contributed by atoms with Gasteiger partial charge in [0.15, 0.2) is 0 Å². The predicted octanol–water partition coefficient (Wildman–Crippen LogP) is 3.00. The minimum absolute atomic E-state index is 0.350. The van der Waals surface area contributed by atoms with Crippen LogP contribution in [0.4, 0.5) is 10.5 Å². The van der Waals surface area contributed by atoms with Gasteiger partial charge < -0.3 is 25.0 Å². The van der Waals surface area contributed by atoms with Crippen molar-refractivity contribution in [2.24, 2.45) is 0 Å². The first-order valence-electron chi connectivity index (χ1n) is 11.6. The highest BCUT2D eigenvalue weighted by Gasteiger charge is 2.35. The molecule has 0 bridgehead atoms. The number of nitrogens with one attached hydrogen (secondary N) is 2. The van der Waals surface area contributed by atoms with E-state index >= 15 is 0 Å². The van der Waals surface area contributed by atoms with Gasteiger partial charge in [-0.05, 0) is 31.5 Å². The Balaban J connectivity index is 1.58. The van der Waals surface area contributed by atoms with Crippen LogP contribution in [0, 0.1) is 6.92 Å². The fourth-order valence-corrected chi connectivity index (χ4v) is 4.62. The van der Waals surface area contributed by atoms with Crippen LogP contribution < -0.4 is 20.3 Å². The average Bonchev–Trinajstić information content (AvgIpc) is 2.85. The standard InChI is InChI=1S/C26H32N4O4/c1-4-34-22-12-8-6-10-19(22)24-23(25(31)33-3)20(27-26(32)28-24)17-29-13-15-30(16-14-29)21-11-7-5-9-18(21)2/h5-12,24H,4,13-17H2,1-3H3,(H2,27,28,32)/t24-/m0/s1. The van der Waals surface area contributed by atoms with Crippen LogP contribution in [-0.2, 0) is 9.53 Å². The summed E-state index contributed by atoms with van der Waals surface area (Å²) >= 11 is 0. The third-order valence-corrected chi connectivity index (χ3v) is 6.30. The van der Waals surface area contributed by atoms with E-state index in [1.54, 1.807) is 0 Å². The molecule has 8 heteroatoms. The second kappa shape index (κ2) is 10.6. The summed E-state index contributed by atoms with van der Waals surface area (Å²) in [5.41, 5.74) is 4.20. The van der Waals surface area contributed by atoms with E-state index in [2.05, 4.69) is 51.6 Å². The number of aryl methyl sites for hydroxylation is 1. The number of methoxy groups -OCH3 is 1. The van der Waals surface area contributed by atoms with Gasteiger partial charge in [0.25, 0.3) is 0 Å². The van der Waals surface area contributed by atoms with Crippen LogP contribution >= 0.6 is 0 Å². The molecule has 1 atom stereocenters. The largest absolute Gasteiger partial charge is 0.494 e. The van der Waals surface area contributed by atoms with Crippen molar-refractivity contribution in [3.8, 4) is 5.75 Å². The van der Waals surface area contributed by atoms with E-state index in [0.29, 0.717) is 30.2 Å². The number of nitrogens with zero attached hydrogens (tertiary/aromatic N) is 2. The van der Waals surface area contributed by atoms with Crippen molar-refractivity contribution in [3.63, 3.8) is 0 Å². The molecule has 0 saturated carbocycles. The number of anilines is 1. The van der Waals surface area contributed by atoms with Crippen LogP contribution in [-0.4, -0.2) is 63.3 Å². The lowest BCUT2D eigenvalue weighted by atomic mass is 9.94. The lowest BCUT2D eigenvalue weighted by Crippen LogP contribution is -2.52. The van der Waals surface area contributed by atoms with Crippen LogP contribution in [0.1, 0.15) is 24.1 Å². The molecule has 8 nitrogen and oxygen atoms in total. The Morgan fingerprint density at radius 3 is 2.47 bits per heavy atom. The van der Waals surface area contributed by atoms with Gasteiger partial charge in [0.2, 0.25) is 0 Å². The Kier molecular flexibility index (Phi) is 7.37. The van der Waals surface area contributed by atoms with Crippen LogP contribution in [0.3, 0.4) is 0 Å². The second-order valence-corrected chi connectivity index (χ2v) is 8.44. The van der Waals surface area contributed by atoms with E-state index in [9.17, 15) is 9.59 Å². The minimum Gasteiger partial charge on any atom is -0.494 e. The Labute approximate surface area is 200 Å². The summed E-state index contributed by atoms with van der Waals surface area (Å²) in [6, 6.07) is 14.8. The Morgan fingerprint density at radius 1 is 1.06 bits per heavy atom. The molecule has 2 amide bonds. The summed E-state index contributed by atoms with van der Waals surface area (Å²) in [5.74, 6) is 0.155. The van der Waals surface area contributed by atoms with Gasteiger partial charge in [0, 0.05) is 49.7 Å². The molecule has 1 fully saturated rings. The summed E-state index contributed by atoms with van der Waals surface area (Å²) in [7, 11) is 1.36. The average molecular weight is 465 g/mol. The summed E-state index contributed by atoms with van der Waals surface area (Å²) in [6.07, 6.45) is 0. The first-order chi connectivity index (χ1) is 16.5. The summed E-state index contributed by atoms with van der Waals surface area (Å²) in [6.45, 7) is 8.32. The zero-order valence-electron chi connectivity index (χ0n) is 20.0. The number of esters is 1. The van der Waals surface area contributed by atoms with Crippen molar-refractivity contribution in [3.05, 3.63) is 70.9 Å². The summed E-state index contributed by atoms with van der Waals surface area (Å²) in [5, 5.41) is 5.75. The quantitative estimate of drug-likeness (QED) is 0.613. The molecule has 1 saturated heterocycles. The number of para-hydroxylation sites is 2. The molecule has 180 valence electrons. The molecule has 2 aliphatic heterocycles. The number of ether oxygens (including phenoxy) is 2. The Morgan fingerprint density at radius 2 is 1.76 bits per heavy atom. The van der Waals surface area contributed by atoms with E-state index in [-0.39, 0.29) is 6.03 Å². The van der Waals surface area contributed by atoms with E-state index in [0.717, 1.165) is 31.7 Å². The maximum atomic E-state index is 12.9. The lowest BCUT2D eigenvalue weighted by molar-refractivity contribution is -0.136. The predicted molar refractivity (Wildman–Crippen MR) is 131 cm³/mol. The maximum absolute atomic E-state index is 12.9. The zero-order chi connectivity index (χ0) is 24.1.